The Balaban J connectivity index is 1.56. The summed E-state index contributed by atoms with van der Waals surface area (Å²) in [6.07, 6.45) is 2.38. The molecular formula is C20H15N3OS2. The van der Waals surface area contributed by atoms with Gasteiger partial charge >= 0.3 is 0 Å². The third kappa shape index (κ3) is 3.64. The van der Waals surface area contributed by atoms with Crippen LogP contribution in [0.15, 0.2) is 63.7 Å². The lowest BCUT2D eigenvalue weighted by atomic mass is 10.2. The van der Waals surface area contributed by atoms with E-state index in [-0.39, 0.29) is 5.91 Å². The van der Waals surface area contributed by atoms with Crippen LogP contribution in [0, 0.1) is 11.3 Å². The smallest absolute Gasteiger partial charge is 0.258 e. The highest BCUT2D eigenvalue weighted by atomic mass is 32.2. The molecule has 1 saturated carbocycles. The van der Waals surface area contributed by atoms with E-state index in [4.69, 9.17) is 0 Å². The minimum absolute atomic E-state index is 0.181. The zero-order valence-corrected chi connectivity index (χ0v) is 15.4. The Labute approximate surface area is 159 Å². The summed E-state index contributed by atoms with van der Waals surface area (Å²) < 4.78 is 0. The second-order valence-electron chi connectivity index (χ2n) is 6.01. The number of nitriles is 1. The summed E-state index contributed by atoms with van der Waals surface area (Å²) in [5.41, 5.74) is 2.26. The lowest BCUT2D eigenvalue weighted by Gasteiger charge is -2.09. The SMILES string of the molecule is N#Cc1ccccc1Sc1ccccc1C(=O)Nc1nc(C2CC2)cs1. The van der Waals surface area contributed by atoms with Crippen LogP contribution >= 0.6 is 23.1 Å². The van der Waals surface area contributed by atoms with Crippen molar-refractivity contribution >= 4 is 34.1 Å². The van der Waals surface area contributed by atoms with Crippen LogP contribution in [0.25, 0.3) is 0 Å². The third-order valence-corrected chi connectivity index (χ3v) is 6.02. The van der Waals surface area contributed by atoms with E-state index in [1.807, 2.05) is 41.8 Å². The summed E-state index contributed by atoms with van der Waals surface area (Å²) in [6, 6.07) is 17.0. The molecule has 1 heterocycles. The van der Waals surface area contributed by atoms with E-state index in [1.165, 1.54) is 35.9 Å². The molecule has 2 aromatic carbocycles. The predicted octanol–water partition coefficient (Wildman–Crippen LogP) is 5.30. The first kappa shape index (κ1) is 16.8. The summed E-state index contributed by atoms with van der Waals surface area (Å²) in [7, 11) is 0. The van der Waals surface area contributed by atoms with E-state index < -0.39 is 0 Å². The molecular weight excluding hydrogens is 362 g/mol. The first-order valence-electron chi connectivity index (χ1n) is 8.27. The van der Waals surface area contributed by atoms with Crippen molar-refractivity contribution in [1.29, 1.82) is 5.26 Å². The fourth-order valence-electron chi connectivity index (χ4n) is 2.58. The lowest BCUT2D eigenvalue weighted by molar-refractivity contribution is 0.102. The monoisotopic (exact) mass is 377 g/mol. The molecule has 0 saturated heterocycles. The maximum atomic E-state index is 12.8. The second-order valence-corrected chi connectivity index (χ2v) is 7.95. The van der Waals surface area contributed by atoms with Crippen LogP contribution in [-0.4, -0.2) is 10.9 Å². The standard InChI is InChI=1S/C20H15N3OS2/c21-11-14-5-1-3-7-17(14)26-18-8-4-2-6-15(18)19(24)23-20-22-16(12-25-20)13-9-10-13/h1-8,12-13H,9-10H2,(H,22,23,24). The van der Waals surface area contributed by atoms with Gasteiger partial charge in [0.1, 0.15) is 6.07 Å². The van der Waals surface area contributed by atoms with Gasteiger partial charge in [-0.1, -0.05) is 36.0 Å². The van der Waals surface area contributed by atoms with Gasteiger partial charge in [0.05, 0.1) is 16.8 Å². The van der Waals surface area contributed by atoms with Crippen LogP contribution < -0.4 is 5.32 Å². The quantitative estimate of drug-likeness (QED) is 0.655. The minimum atomic E-state index is -0.181. The molecule has 0 aliphatic heterocycles. The number of benzene rings is 2. The molecule has 3 aromatic rings. The number of amides is 1. The average molecular weight is 377 g/mol. The second kappa shape index (κ2) is 7.32. The highest BCUT2D eigenvalue weighted by Gasteiger charge is 2.26. The van der Waals surface area contributed by atoms with Crippen LogP contribution in [0.4, 0.5) is 5.13 Å². The van der Waals surface area contributed by atoms with Crippen molar-refractivity contribution in [1.82, 2.24) is 4.98 Å². The molecule has 1 N–H and O–H groups in total. The molecule has 1 amide bonds. The van der Waals surface area contributed by atoms with E-state index in [1.54, 1.807) is 12.1 Å². The van der Waals surface area contributed by atoms with Gasteiger partial charge in [0.2, 0.25) is 0 Å². The van der Waals surface area contributed by atoms with Crippen molar-refractivity contribution in [2.75, 3.05) is 5.32 Å². The number of carbonyl (C=O) groups is 1. The number of nitrogens with zero attached hydrogens (tertiary/aromatic N) is 2. The molecule has 6 heteroatoms. The average Bonchev–Trinajstić information content (AvgIpc) is 3.42. The number of nitrogens with one attached hydrogen (secondary N) is 1. The highest BCUT2D eigenvalue weighted by molar-refractivity contribution is 7.99. The van der Waals surface area contributed by atoms with Gasteiger partial charge in [-0.2, -0.15) is 5.26 Å². The summed E-state index contributed by atoms with van der Waals surface area (Å²) in [4.78, 5) is 18.9. The van der Waals surface area contributed by atoms with Crippen LogP contribution in [0.1, 0.15) is 40.4 Å². The molecule has 0 bridgehead atoms. The zero-order valence-electron chi connectivity index (χ0n) is 13.8. The molecule has 4 nitrogen and oxygen atoms in total. The molecule has 1 aliphatic carbocycles. The number of thiazole rings is 1. The van der Waals surface area contributed by atoms with E-state index >= 15 is 0 Å². The number of hydrogen-bond donors (Lipinski definition) is 1. The fourth-order valence-corrected chi connectivity index (χ4v) is 4.40. The van der Waals surface area contributed by atoms with Gasteiger partial charge in [0, 0.05) is 21.1 Å². The van der Waals surface area contributed by atoms with Gasteiger partial charge in [-0.25, -0.2) is 4.98 Å². The summed E-state index contributed by atoms with van der Waals surface area (Å²) >= 11 is 2.89. The van der Waals surface area contributed by atoms with Crippen molar-refractivity contribution in [2.45, 2.75) is 28.6 Å². The normalized spacial score (nSPS) is 13.2. The number of aromatic nitrogens is 1. The van der Waals surface area contributed by atoms with Crippen molar-refractivity contribution in [3.05, 3.63) is 70.7 Å². The predicted molar refractivity (Wildman–Crippen MR) is 104 cm³/mol. The van der Waals surface area contributed by atoms with Crippen LogP contribution in [-0.2, 0) is 0 Å². The molecule has 0 atom stereocenters. The number of anilines is 1. The Hall–Kier alpha value is -2.62. The molecule has 0 radical (unpaired) electrons. The fraction of sp³-hybridized carbons (Fsp3) is 0.150. The molecule has 26 heavy (non-hydrogen) atoms. The Morgan fingerprint density at radius 2 is 1.88 bits per heavy atom. The maximum Gasteiger partial charge on any atom is 0.258 e. The highest BCUT2D eigenvalue weighted by Crippen LogP contribution is 2.41. The molecule has 1 aliphatic rings. The van der Waals surface area contributed by atoms with Gasteiger partial charge in [0.25, 0.3) is 5.91 Å². The van der Waals surface area contributed by atoms with Gasteiger partial charge in [-0.05, 0) is 37.1 Å². The molecule has 0 spiro atoms. The van der Waals surface area contributed by atoms with Crippen molar-refractivity contribution < 1.29 is 4.79 Å². The van der Waals surface area contributed by atoms with E-state index in [0.29, 0.717) is 22.2 Å². The van der Waals surface area contributed by atoms with E-state index in [9.17, 15) is 10.1 Å². The Morgan fingerprint density at radius 1 is 1.15 bits per heavy atom. The van der Waals surface area contributed by atoms with Gasteiger partial charge in [-0.3, -0.25) is 10.1 Å². The Morgan fingerprint density at radius 3 is 2.65 bits per heavy atom. The van der Waals surface area contributed by atoms with Crippen LogP contribution in [0.3, 0.4) is 0 Å². The van der Waals surface area contributed by atoms with E-state index in [0.717, 1.165) is 15.5 Å². The first-order valence-corrected chi connectivity index (χ1v) is 9.97. The Bertz CT molecular complexity index is 1000. The molecule has 1 fully saturated rings. The maximum absolute atomic E-state index is 12.8. The summed E-state index contributed by atoms with van der Waals surface area (Å²) in [6.45, 7) is 0. The topological polar surface area (TPSA) is 65.8 Å². The van der Waals surface area contributed by atoms with Gasteiger partial charge in [0.15, 0.2) is 5.13 Å². The number of carbonyl (C=O) groups excluding carboxylic acids is 1. The van der Waals surface area contributed by atoms with Crippen molar-refractivity contribution in [2.24, 2.45) is 0 Å². The minimum Gasteiger partial charge on any atom is -0.298 e. The Kier molecular flexibility index (Phi) is 4.74. The van der Waals surface area contributed by atoms with Crippen molar-refractivity contribution in [3.8, 4) is 6.07 Å². The first-order chi connectivity index (χ1) is 12.7. The lowest BCUT2D eigenvalue weighted by Crippen LogP contribution is -2.12. The zero-order chi connectivity index (χ0) is 17.9. The number of rotatable bonds is 5. The molecule has 4 rings (SSSR count). The summed E-state index contributed by atoms with van der Waals surface area (Å²) in [5, 5.41) is 14.8. The van der Waals surface area contributed by atoms with Crippen LogP contribution in [0.2, 0.25) is 0 Å². The number of hydrogen-bond acceptors (Lipinski definition) is 5. The van der Waals surface area contributed by atoms with Crippen LogP contribution in [0.5, 0.6) is 0 Å². The molecule has 0 unspecified atom stereocenters. The van der Waals surface area contributed by atoms with E-state index in [2.05, 4.69) is 16.4 Å². The van der Waals surface area contributed by atoms with Gasteiger partial charge in [-0.15, -0.1) is 11.3 Å². The van der Waals surface area contributed by atoms with Gasteiger partial charge < -0.3 is 0 Å². The van der Waals surface area contributed by atoms with Crippen molar-refractivity contribution in [3.63, 3.8) is 0 Å². The molecule has 128 valence electrons. The summed E-state index contributed by atoms with van der Waals surface area (Å²) in [5.74, 6) is 0.390. The third-order valence-electron chi connectivity index (χ3n) is 4.10. The largest absolute Gasteiger partial charge is 0.298 e. The molecule has 1 aromatic heterocycles.